The van der Waals surface area contributed by atoms with Crippen molar-refractivity contribution in [2.45, 2.75) is 12.7 Å². The highest BCUT2D eigenvalue weighted by atomic mass is 32.1. The summed E-state index contributed by atoms with van der Waals surface area (Å²) in [6, 6.07) is 5.65. The van der Waals surface area contributed by atoms with Crippen molar-refractivity contribution in [1.82, 2.24) is 0 Å². The Morgan fingerprint density at radius 1 is 1.50 bits per heavy atom. The van der Waals surface area contributed by atoms with E-state index in [-0.39, 0.29) is 0 Å². The lowest BCUT2D eigenvalue weighted by Crippen LogP contribution is -1.98. The molecule has 0 aromatic heterocycles. The third-order valence-corrected chi connectivity index (χ3v) is 1.94. The Hall–Kier alpha value is -0.830. The molecule has 1 aromatic carbocycles. The van der Waals surface area contributed by atoms with E-state index in [1.54, 1.807) is 0 Å². The largest absolute Gasteiger partial charge is 0.493 e. The quantitative estimate of drug-likeness (QED) is 0.556. The van der Waals surface area contributed by atoms with E-state index in [2.05, 4.69) is 12.6 Å². The fourth-order valence-corrected chi connectivity index (χ4v) is 1.38. The normalized spacial score (nSPS) is 9.83. The first-order chi connectivity index (χ1) is 5.79. The number of benzene rings is 1. The smallest absolute Gasteiger partial charge is 0.125 e. The van der Waals surface area contributed by atoms with Crippen molar-refractivity contribution in [3.63, 3.8) is 0 Å². The lowest BCUT2D eigenvalue weighted by Gasteiger charge is -2.09. The van der Waals surface area contributed by atoms with E-state index >= 15 is 0 Å². The van der Waals surface area contributed by atoms with Gasteiger partial charge < -0.3 is 10.5 Å². The van der Waals surface area contributed by atoms with Crippen LogP contribution in [0.4, 0.5) is 5.69 Å². The van der Waals surface area contributed by atoms with Gasteiger partial charge in [-0.15, -0.1) is 0 Å². The molecule has 1 aromatic rings. The summed E-state index contributed by atoms with van der Waals surface area (Å²) in [6.45, 7) is 2.61. The van der Waals surface area contributed by atoms with Crippen LogP contribution in [0, 0.1) is 0 Å². The molecule has 66 valence electrons. The summed E-state index contributed by atoms with van der Waals surface area (Å²) in [5.41, 5.74) is 7.45. The van der Waals surface area contributed by atoms with Crippen LogP contribution in [-0.2, 0) is 5.75 Å². The minimum Gasteiger partial charge on any atom is -0.493 e. The van der Waals surface area contributed by atoms with Crippen molar-refractivity contribution in [2.24, 2.45) is 0 Å². The lowest BCUT2D eigenvalue weighted by atomic mass is 10.2. The highest BCUT2D eigenvalue weighted by Gasteiger charge is 2.03. The van der Waals surface area contributed by atoms with Gasteiger partial charge in [0.1, 0.15) is 5.75 Å². The summed E-state index contributed by atoms with van der Waals surface area (Å²) >= 11 is 4.18. The van der Waals surface area contributed by atoms with E-state index < -0.39 is 0 Å². The Morgan fingerprint density at radius 3 is 2.83 bits per heavy atom. The highest BCUT2D eigenvalue weighted by Crippen LogP contribution is 2.25. The number of hydrogen-bond acceptors (Lipinski definition) is 3. The maximum absolute atomic E-state index is 5.73. The van der Waals surface area contributed by atoms with Crippen molar-refractivity contribution < 1.29 is 4.74 Å². The molecule has 0 bridgehead atoms. The molecule has 0 radical (unpaired) electrons. The van der Waals surface area contributed by atoms with Gasteiger partial charge in [0.05, 0.1) is 6.61 Å². The maximum atomic E-state index is 5.73. The van der Waals surface area contributed by atoms with Gasteiger partial charge >= 0.3 is 0 Å². The molecule has 0 aliphatic rings. The molecule has 0 aliphatic heterocycles. The van der Waals surface area contributed by atoms with E-state index in [0.29, 0.717) is 12.4 Å². The van der Waals surface area contributed by atoms with Crippen molar-refractivity contribution >= 4 is 18.3 Å². The molecule has 2 nitrogen and oxygen atoms in total. The molecular formula is C9H13NOS. The molecule has 0 fully saturated rings. The third-order valence-electron chi connectivity index (χ3n) is 1.63. The van der Waals surface area contributed by atoms with Crippen LogP contribution in [0.15, 0.2) is 18.2 Å². The van der Waals surface area contributed by atoms with Gasteiger partial charge in [0.15, 0.2) is 0 Å². The average molecular weight is 183 g/mol. The number of anilines is 1. The molecule has 3 heteroatoms. The van der Waals surface area contributed by atoms with Crippen molar-refractivity contribution in [2.75, 3.05) is 12.3 Å². The minimum atomic E-state index is 0.613. The topological polar surface area (TPSA) is 35.2 Å². The van der Waals surface area contributed by atoms with Gasteiger partial charge in [-0.05, 0) is 19.1 Å². The second-order valence-corrected chi connectivity index (χ2v) is 2.73. The molecule has 2 N–H and O–H groups in total. The zero-order valence-corrected chi connectivity index (χ0v) is 7.97. The van der Waals surface area contributed by atoms with Gasteiger partial charge in [-0.25, -0.2) is 0 Å². The van der Waals surface area contributed by atoms with Crippen LogP contribution < -0.4 is 10.5 Å². The van der Waals surface area contributed by atoms with E-state index in [1.165, 1.54) is 0 Å². The number of rotatable bonds is 3. The van der Waals surface area contributed by atoms with Crippen LogP contribution in [0.2, 0.25) is 0 Å². The fourth-order valence-electron chi connectivity index (χ4n) is 1.04. The molecule has 0 heterocycles. The molecule has 0 amide bonds. The maximum Gasteiger partial charge on any atom is 0.125 e. The fraction of sp³-hybridized carbons (Fsp3) is 0.333. The Morgan fingerprint density at radius 2 is 2.25 bits per heavy atom. The molecule has 0 unspecified atom stereocenters. The molecule has 0 saturated heterocycles. The predicted octanol–water partition coefficient (Wildman–Crippen LogP) is 2.10. The highest BCUT2D eigenvalue weighted by molar-refractivity contribution is 7.79. The Labute approximate surface area is 78.1 Å². The molecule has 0 spiro atoms. The predicted molar refractivity (Wildman–Crippen MR) is 54.7 cm³/mol. The van der Waals surface area contributed by atoms with E-state index in [1.807, 2.05) is 25.1 Å². The first-order valence-electron chi connectivity index (χ1n) is 3.90. The van der Waals surface area contributed by atoms with Gasteiger partial charge in [-0.3, -0.25) is 0 Å². The van der Waals surface area contributed by atoms with Crippen molar-refractivity contribution in [3.05, 3.63) is 23.8 Å². The summed E-state index contributed by atoms with van der Waals surface area (Å²) in [5, 5.41) is 0. The van der Waals surface area contributed by atoms with E-state index in [4.69, 9.17) is 10.5 Å². The molecule has 1 rings (SSSR count). The van der Waals surface area contributed by atoms with E-state index in [9.17, 15) is 0 Å². The Kier molecular flexibility index (Phi) is 3.29. The van der Waals surface area contributed by atoms with Crippen LogP contribution >= 0.6 is 12.6 Å². The SMILES string of the molecule is CCOc1cccc(N)c1CS. The molecule has 0 saturated carbocycles. The van der Waals surface area contributed by atoms with Crippen molar-refractivity contribution in [3.8, 4) is 5.75 Å². The molecular weight excluding hydrogens is 170 g/mol. The average Bonchev–Trinajstić information content (AvgIpc) is 2.05. The first-order valence-corrected chi connectivity index (χ1v) is 4.53. The second-order valence-electron chi connectivity index (χ2n) is 2.42. The number of ether oxygens (including phenoxy) is 1. The van der Waals surface area contributed by atoms with Crippen LogP contribution in [0.5, 0.6) is 5.75 Å². The molecule has 0 atom stereocenters. The van der Waals surface area contributed by atoms with Crippen LogP contribution in [-0.4, -0.2) is 6.61 Å². The zero-order chi connectivity index (χ0) is 8.97. The number of thiol groups is 1. The summed E-state index contributed by atoms with van der Waals surface area (Å²) < 4.78 is 5.38. The lowest BCUT2D eigenvalue weighted by molar-refractivity contribution is 0.338. The summed E-state index contributed by atoms with van der Waals surface area (Å²) in [4.78, 5) is 0. The number of nitrogens with two attached hydrogens (primary N) is 1. The number of hydrogen-bond donors (Lipinski definition) is 2. The number of nitrogen functional groups attached to an aromatic ring is 1. The summed E-state index contributed by atoms with van der Waals surface area (Å²) in [7, 11) is 0. The summed E-state index contributed by atoms with van der Waals surface area (Å²) in [5.74, 6) is 1.45. The van der Waals surface area contributed by atoms with Crippen LogP contribution in [0.3, 0.4) is 0 Å². The first kappa shape index (κ1) is 9.26. The summed E-state index contributed by atoms with van der Waals surface area (Å²) in [6.07, 6.45) is 0. The minimum absolute atomic E-state index is 0.613. The zero-order valence-electron chi connectivity index (χ0n) is 7.08. The monoisotopic (exact) mass is 183 g/mol. The third kappa shape index (κ3) is 1.85. The Balaban J connectivity index is 3.00. The molecule has 12 heavy (non-hydrogen) atoms. The molecule has 0 aliphatic carbocycles. The second kappa shape index (κ2) is 4.26. The van der Waals surface area contributed by atoms with E-state index in [0.717, 1.165) is 17.0 Å². The Bertz CT molecular complexity index is 263. The standard InChI is InChI=1S/C9H13NOS/c1-2-11-9-5-3-4-8(10)7(9)6-12/h3-5,12H,2,6,10H2,1H3. The van der Waals surface area contributed by atoms with Gasteiger partial charge in [0.2, 0.25) is 0 Å². The van der Waals surface area contributed by atoms with Crippen molar-refractivity contribution in [1.29, 1.82) is 0 Å². The van der Waals surface area contributed by atoms with Gasteiger partial charge in [0.25, 0.3) is 0 Å². The van der Waals surface area contributed by atoms with Gasteiger partial charge in [-0.2, -0.15) is 12.6 Å². The van der Waals surface area contributed by atoms with Gasteiger partial charge in [-0.1, -0.05) is 6.07 Å². The van der Waals surface area contributed by atoms with Crippen LogP contribution in [0.1, 0.15) is 12.5 Å². The van der Waals surface area contributed by atoms with Gasteiger partial charge in [0, 0.05) is 17.0 Å². The van der Waals surface area contributed by atoms with Crippen LogP contribution in [0.25, 0.3) is 0 Å².